The van der Waals surface area contributed by atoms with Crippen LogP contribution in [-0.2, 0) is 6.61 Å². The van der Waals surface area contributed by atoms with Gasteiger partial charge in [-0.1, -0.05) is 41.0 Å². The number of halogens is 1. The van der Waals surface area contributed by atoms with Crippen molar-refractivity contribution in [2.24, 2.45) is 0 Å². The second-order valence-corrected chi connectivity index (χ2v) is 5.79. The summed E-state index contributed by atoms with van der Waals surface area (Å²) in [5, 5.41) is 7.91. The van der Waals surface area contributed by atoms with Crippen LogP contribution in [0.25, 0.3) is 11.5 Å². The van der Waals surface area contributed by atoms with Crippen molar-refractivity contribution in [1.82, 2.24) is 10.2 Å². The van der Waals surface area contributed by atoms with E-state index in [4.69, 9.17) is 31.2 Å². The van der Waals surface area contributed by atoms with Crippen molar-refractivity contribution in [2.45, 2.75) is 20.5 Å². The first-order valence-electron chi connectivity index (χ1n) is 7.81. The number of benzene rings is 2. The molecule has 2 aromatic carbocycles. The lowest BCUT2D eigenvalue weighted by Crippen LogP contribution is -2.02. The molecule has 0 saturated carbocycles. The Morgan fingerprint density at radius 2 is 1.96 bits per heavy atom. The molecular formula is C18H18ClN3O3. The number of nitrogen functional groups attached to an aromatic ring is 1. The van der Waals surface area contributed by atoms with Crippen molar-refractivity contribution in [1.29, 1.82) is 0 Å². The molecule has 0 radical (unpaired) electrons. The maximum Gasteiger partial charge on any atom is 0.313 e. The lowest BCUT2D eigenvalue weighted by Gasteiger charge is -2.15. The van der Waals surface area contributed by atoms with Gasteiger partial charge in [0.1, 0.15) is 6.61 Å². The summed E-state index contributed by atoms with van der Waals surface area (Å²) in [6.07, 6.45) is 0. The van der Waals surface area contributed by atoms with Gasteiger partial charge in [0.25, 0.3) is 0 Å². The van der Waals surface area contributed by atoms with Crippen LogP contribution < -0.4 is 15.2 Å². The predicted molar refractivity (Wildman–Crippen MR) is 95.8 cm³/mol. The minimum atomic E-state index is -0.0102. The Morgan fingerprint density at radius 1 is 1.16 bits per heavy atom. The lowest BCUT2D eigenvalue weighted by atomic mass is 10.1. The third kappa shape index (κ3) is 3.85. The molecule has 1 aromatic heterocycles. The third-order valence-electron chi connectivity index (χ3n) is 3.63. The van der Waals surface area contributed by atoms with Crippen LogP contribution in [0, 0.1) is 6.92 Å². The summed E-state index contributed by atoms with van der Waals surface area (Å²) in [4.78, 5) is 0. The quantitative estimate of drug-likeness (QED) is 0.708. The average Bonchev–Trinajstić information content (AvgIpc) is 3.02. The fraction of sp³-hybridized carbons (Fsp3) is 0.222. The Morgan fingerprint density at radius 3 is 2.64 bits per heavy atom. The summed E-state index contributed by atoms with van der Waals surface area (Å²) in [5.74, 6) is 1.25. The molecule has 0 aliphatic carbocycles. The third-order valence-corrected chi connectivity index (χ3v) is 3.91. The first-order valence-corrected chi connectivity index (χ1v) is 8.19. The summed E-state index contributed by atoms with van der Waals surface area (Å²) < 4.78 is 16.9. The molecule has 1 heterocycles. The Balaban J connectivity index is 1.91. The zero-order valence-electron chi connectivity index (χ0n) is 14.0. The molecule has 0 bridgehead atoms. The summed E-state index contributed by atoms with van der Waals surface area (Å²) >= 11 is 6.41. The van der Waals surface area contributed by atoms with Gasteiger partial charge in [-0.3, -0.25) is 0 Å². The molecule has 0 aliphatic heterocycles. The molecule has 0 fully saturated rings. The predicted octanol–water partition coefficient (Wildman–Crippen LogP) is 4.26. The molecule has 0 atom stereocenters. The van der Waals surface area contributed by atoms with Crippen LogP contribution in [-0.4, -0.2) is 16.8 Å². The van der Waals surface area contributed by atoms with Gasteiger partial charge < -0.3 is 19.6 Å². The topological polar surface area (TPSA) is 83.4 Å². The second kappa shape index (κ2) is 7.44. The van der Waals surface area contributed by atoms with Crippen molar-refractivity contribution < 1.29 is 13.9 Å². The summed E-state index contributed by atoms with van der Waals surface area (Å²) in [6.45, 7) is 4.77. The van der Waals surface area contributed by atoms with E-state index in [0.29, 0.717) is 35.3 Å². The van der Waals surface area contributed by atoms with Gasteiger partial charge in [-0.25, -0.2) is 0 Å². The molecule has 7 heteroatoms. The molecular weight excluding hydrogens is 342 g/mol. The van der Waals surface area contributed by atoms with Gasteiger partial charge in [0.15, 0.2) is 11.5 Å². The Kier molecular flexibility index (Phi) is 5.09. The number of hydrogen-bond donors (Lipinski definition) is 1. The highest BCUT2D eigenvalue weighted by atomic mass is 35.5. The van der Waals surface area contributed by atoms with E-state index >= 15 is 0 Å². The largest absolute Gasteiger partial charge is 0.490 e. The van der Waals surface area contributed by atoms with Gasteiger partial charge in [-0.2, -0.15) is 0 Å². The molecule has 2 N–H and O–H groups in total. The summed E-state index contributed by atoms with van der Waals surface area (Å²) in [5.41, 5.74) is 8.32. The van der Waals surface area contributed by atoms with Gasteiger partial charge >= 0.3 is 6.01 Å². The number of aryl methyl sites for hydroxylation is 1. The van der Waals surface area contributed by atoms with E-state index in [-0.39, 0.29) is 11.9 Å². The van der Waals surface area contributed by atoms with Gasteiger partial charge in [0.05, 0.1) is 11.6 Å². The van der Waals surface area contributed by atoms with Crippen molar-refractivity contribution >= 4 is 17.6 Å². The number of ether oxygens (including phenoxy) is 2. The van der Waals surface area contributed by atoms with E-state index in [1.165, 1.54) is 0 Å². The Labute approximate surface area is 150 Å². The number of aromatic nitrogens is 2. The van der Waals surface area contributed by atoms with Crippen LogP contribution in [0.1, 0.15) is 18.1 Å². The van der Waals surface area contributed by atoms with Crippen LogP contribution >= 0.6 is 11.6 Å². The van der Waals surface area contributed by atoms with Gasteiger partial charge in [0.2, 0.25) is 5.89 Å². The van der Waals surface area contributed by atoms with Gasteiger partial charge in [-0.05, 0) is 37.1 Å². The zero-order valence-corrected chi connectivity index (χ0v) is 14.7. The maximum atomic E-state index is 6.41. The number of hydrogen-bond acceptors (Lipinski definition) is 6. The van der Waals surface area contributed by atoms with E-state index in [1.807, 2.05) is 38.1 Å². The molecule has 25 heavy (non-hydrogen) atoms. The fourth-order valence-electron chi connectivity index (χ4n) is 2.37. The van der Waals surface area contributed by atoms with E-state index in [1.54, 1.807) is 12.1 Å². The summed E-state index contributed by atoms with van der Waals surface area (Å²) in [7, 11) is 0. The normalized spacial score (nSPS) is 10.7. The average molecular weight is 360 g/mol. The molecule has 0 spiro atoms. The number of nitrogens with zero attached hydrogens (tertiary/aromatic N) is 2. The first-order chi connectivity index (χ1) is 12.1. The van der Waals surface area contributed by atoms with Crippen molar-refractivity contribution in [2.75, 3.05) is 12.3 Å². The highest BCUT2D eigenvalue weighted by Crippen LogP contribution is 2.40. The number of nitrogens with two attached hydrogens (primary N) is 1. The maximum absolute atomic E-state index is 6.41. The monoisotopic (exact) mass is 359 g/mol. The summed E-state index contributed by atoms with van der Waals surface area (Å²) in [6, 6.07) is 11.4. The zero-order chi connectivity index (χ0) is 17.8. The number of anilines is 1. The lowest BCUT2D eigenvalue weighted by molar-refractivity contribution is 0.269. The van der Waals surface area contributed by atoms with Crippen LogP contribution in [0.2, 0.25) is 5.02 Å². The minimum absolute atomic E-state index is 0.0102. The highest BCUT2D eigenvalue weighted by molar-refractivity contribution is 6.32. The van der Waals surface area contributed by atoms with E-state index in [9.17, 15) is 0 Å². The highest BCUT2D eigenvalue weighted by Gasteiger charge is 2.17. The molecule has 130 valence electrons. The fourth-order valence-corrected chi connectivity index (χ4v) is 2.63. The second-order valence-electron chi connectivity index (χ2n) is 5.38. The molecule has 3 rings (SSSR count). The standard InChI is InChI=1S/C18H18ClN3O3/c1-3-23-15-9-13(17-21-22-18(20)25-17)8-14(19)16(15)24-10-12-7-5-4-6-11(12)2/h4-9H,3,10H2,1-2H3,(H2,20,22). The van der Waals surface area contributed by atoms with E-state index < -0.39 is 0 Å². The minimum Gasteiger partial charge on any atom is -0.490 e. The van der Waals surface area contributed by atoms with Gasteiger partial charge in [-0.15, -0.1) is 5.10 Å². The molecule has 6 nitrogen and oxygen atoms in total. The van der Waals surface area contributed by atoms with Crippen LogP contribution in [0.3, 0.4) is 0 Å². The SMILES string of the molecule is CCOc1cc(-c2nnc(N)o2)cc(Cl)c1OCc1ccccc1C. The molecule has 0 saturated heterocycles. The van der Waals surface area contributed by atoms with Crippen LogP contribution in [0.4, 0.5) is 6.01 Å². The number of rotatable bonds is 6. The molecule has 0 unspecified atom stereocenters. The Bertz CT molecular complexity index is 880. The molecule has 3 aromatic rings. The van der Waals surface area contributed by atoms with Gasteiger partial charge in [0, 0.05) is 5.56 Å². The van der Waals surface area contributed by atoms with E-state index in [2.05, 4.69) is 10.2 Å². The van der Waals surface area contributed by atoms with Crippen molar-refractivity contribution in [3.05, 3.63) is 52.5 Å². The Hall–Kier alpha value is -2.73. The first kappa shape index (κ1) is 17.1. The van der Waals surface area contributed by atoms with E-state index in [0.717, 1.165) is 11.1 Å². The smallest absolute Gasteiger partial charge is 0.313 e. The van der Waals surface area contributed by atoms with Crippen LogP contribution in [0.15, 0.2) is 40.8 Å². The van der Waals surface area contributed by atoms with Crippen LogP contribution in [0.5, 0.6) is 11.5 Å². The molecule has 0 amide bonds. The van der Waals surface area contributed by atoms with Crippen molar-refractivity contribution in [3.63, 3.8) is 0 Å². The van der Waals surface area contributed by atoms with Crippen molar-refractivity contribution in [3.8, 4) is 23.0 Å². The molecule has 0 aliphatic rings.